The second-order valence-electron chi connectivity index (χ2n) is 3.76. The highest BCUT2D eigenvalue weighted by atomic mass is 35.5. The Kier molecular flexibility index (Phi) is 8.09. The van der Waals surface area contributed by atoms with E-state index in [4.69, 9.17) is 11.6 Å². The molecule has 1 aromatic rings. The van der Waals surface area contributed by atoms with E-state index < -0.39 is 0 Å². The molecule has 0 saturated carbocycles. The standard InChI is InChI=1S/C11H14ClFN2.2ClH/c12-11-2-1-10(13)7-9(11)8-15-5-3-14-4-6-15;;/h1-2,7,14H,3-6,8H2;2*1H. The summed E-state index contributed by atoms with van der Waals surface area (Å²) in [5.41, 5.74) is 0.874. The van der Waals surface area contributed by atoms with Gasteiger partial charge in [0.1, 0.15) is 5.82 Å². The Bertz CT molecular complexity index is 343. The molecular formula is C11H16Cl3FN2. The fraction of sp³-hybridized carbons (Fsp3) is 0.455. The van der Waals surface area contributed by atoms with E-state index in [-0.39, 0.29) is 30.6 Å². The van der Waals surface area contributed by atoms with E-state index in [1.54, 1.807) is 6.07 Å². The minimum absolute atomic E-state index is 0. The monoisotopic (exact) mass is 300 g/mol. The first-order valence-electron chi connectivity index (χ1n) is 5.13. The number of halogens is 4. The number of rotatable bonds is 2. The highest BCUT2D eigenvalue weighted by molar-refractivity contribution is 6.31. The highest BCUT2D eigenvalue weighted by Gasteiger charge is 2.11. The predicted molar refractivity (Wildman–Crippen MR) is 74.1 cm³/mol. The van der Waals surface area contributed by atoms with Crippen molar-refractivity contribution in [1.82, 2.24) is 10.2 Å². The zero-order valence-electron chi connectivity index (χ0n) is 9.29. The summed E-state index contributed by atoms with van der Waals surface area (Å²) in [5.74, 6) is -0.218. The number of nitrogens with zero attached hydrogens (tertiary/aromatic N) is 1. The van der Waals surface area contributed by atoms with E-state index in [2.05, 4.69) is 10.2 Å². The lowest BCUT2D eigenvalue weighted by Gasteiger charge is -2.27. The zero-order valence-corrected chi connectivity index (χ0v) is 11.7. The van der Waals surface area contributed by atoms with Crippen LogP contribution in [0.15, 0.2) is 18.2 Å². The van der Waals surface area contributed by atoms with Crippen molar-refractivity contribution in [1.29, 1.82) is 0 Å². The van der Waals surface area contributed by atoms with Crippen molar-refractivity contribution in [3.63, 3.8) is 0 Å². The molecule has 2 rings (SSSR count). The third-order valence-corrected chi connectivity index (χ3v) is 2.98. The van der Waals surface area contributed by atoms with Gasteiger partial charge in [-0.25, -0.2) is 4.39 Å². The van der Waals surface area contributed by atoms with Crippen LogP contribution in [0.4, 0.5) is 4.39 Å². The molecule has 98 valence electrons. The molecule has 0 amide bonds. The molecule has 1 heterocycles. The lowest BCUT2D eigenvalue weighted by atomic mass is 10.2. The molecule has 0 aliphatic carbocycles. The van der Waals surface area contributed by atoms with E-state index >= 15 is 0 Å². The van der Waals surface area contributed by atoms with Crippen LogP contribution < -0.4 is 5.32 Å². The number of nitrogens with one attached hydrogen (secondary N) is 1. The normalized spacial score (nSPS) is 15.9. The minimum Gasteiger partial charge on any atom is -0.314 e. The van der Waals surface area contributed by atoms with Gasteiger partial charge in [0, 0.05) is 37.7 Å². The van der Waals surface area contributed by atoms with E-state index in [9.17, 15) is 4.39 Å². The Morgan fingerprint density at radius 1 is 1.24 bits per heavy atom. The molecule has 1 N–H and O–H groups in total. The predicted octanol–water partition coefficient (Wildman–Crippen LogP) is 2.73. The topological polar surface area (TPSA) is 15.3 Å². The Hall–Kier alpha value is -0.0600. The molecule has 0 unspecified atom stereocenters. The quantitative estimate of drug-likeness (QED) is 0.903. The van der Waals surface area contributed by atoms with Gasteiger partial charge in [0.15, 0.2) is 0 Å². The van der Waals surface area contributed by atoms with Gasteiger partial charge in [-0.3, -0.25) is 4.90 Å². The zero-order chi connectivity index (χ0) is 10.7. The molecule has 1 aliphatic rings. The third-order valence-electron chi connectivity index (χ3n) is 2.61. The largest absolute Gasteiger partial charge is 0.314 e. The van der Waals surface area contributed by atoms with Crippen LogP contribution in [0.25, 0.3) is 0 Å². The van der Waals surface area contributed by atoms with Crippen molar-refractivity contribution in [2.24, 2.45) is 0 Å². The van der Waals surface area contributed by atoms with Crippen molar-refractivity contribution in [2.45, 2.75) is 6.54 Å². The summed E-state index contributed by atoms with van der Waals surface area (Å²) in [4.78, 5) is 2.27. The SMILES string of the molecule is Cl.Cl.Fc1ccc(Cl)c(CN2CCNCC2)c1. The van der Waals surface area contributed by atoms with Crippen LogP contribution in [-0.4, -0.2) is 31.1 Å². The van der Waals surface area contributed by atoms with Crippen LogP contribution in [0.1, 0.15) is 5.56 Å². The van der Waals surface area contributed by atoms with E-state index in [0.29, 0.717) is 5.02 Å². The van der Waals surface area contributed by atoms with Gasteiger partial charge in [0.2, 0.25) is 0 Å². The van der Waals surface area contributed by atoms with Crippen molar-refractivity contribution in [3.05, 3.63) is 34.6 Å². The van der Waals surface area contributed by atoms with Gasteiger partial charge in [-0.05, 0) is 23.8 Å². The van der Waals surface area contributed by atoms with Gasteiger partial charge < -0.3 is 5.32 Å². The lowest BCUT2D eigenvalue weighted by Crippen LogP contribution is -2.42. The molecule has 1 aliphatic heterocycles. The summed E-state index contributed by atoms with van der Waals surface area (Å²) in [6.45, 7) is 4.71. The second kappa shape index (κ2) is 8.11. The summed E-state index contributed by atoms with van der Waals surface area (Å²) in [5, 5.41) is 3.93. The first kappa shape index (κ1) is 16.9. The third kappa shape index (κ3) is 4.98. The van der Waals surface area contributed by atoms with Crippen LogP contribution in [0.2, 0.25) is 5.02 Å². The van der Waals surface area contributed by atoms with Gasteiger partial charge in [0.05, 0.1) is 0 Å². The maximum absolute atomic E-state index is 13.0. The van der Waals surface area contributed by atoms with Crippen LogP contribution in [0, 0.1) is 5.82 Å². The Morgan fingerprint density at radius 2 is 1.88 bits per heavy atom. The molecule has 0 atom stereocenters. The molecule has 6 heteroatoms. The second-order valence-corrected chi connectivity index (χ2v) is 4.17. The average molecular weight is 302 g/mol. The van der Waals surface area contributed by atoms with E-state index in [0.717, 1.165) is 38.3 Å². The Balaban J connectivity index is 0.00000128. The number of benzene rings is 1. The molecular weight excluding hydrogens is 285 g/mol. The minimum atomic E-state index is -0.218. The molecule has 0 aromatic heterocycles. The van der Waals surface area contributed by atoms with Crippen LogP contribution in [-0.2, 0) is 6.54 Å². The lowest BCUT2D eigenvalue weighted by molar-refractivity contribution is 0.233. The van der Waals surface area contributed by atoms with Crippen LogP contribution in [0.3, 0.4) is 0 Å². The summed E-state index contributed by atoms with van der Waals surface area (Å²) in [6.07, 6.45) is 0. The van der Waals surface area contributed by atoms with Crippen molar-refractivity contribution in [2.75, 3.05) is 26.2 Å². The van der Waals surface area contributed by atoms with Crippen molar-refractivity contribution < 1.29 is 4.39 Å². The summed E-state index contributed by atoms with van der Waals surface area (Å²) in [7, 11) is 0. The Morgan fingerprint density at radius 3 is 2.53 bits per heavy atom. The summed E-state index contributed by atoms with van der Waals surface area (Å²) in [6, 6.07) is 4.53. The maximum atomic E-state index is 13.0. The van der Waals surface area contributed by atoms with Crippen molar-refractivity contribution >= 4 is 36.4 Å². The van der Waals surface area contributed by atoms with Gasteiger partial charge in [-0.15, -0.1) is 24.8 Å². The molecule has 0 spiro atoms. The highest BCUT2D eigenvalue weighted by Crippen LogP contribution is 2.18. The van der Waals surface area contributed by atoms with Gasteiger partial charge in [-0.1, -0.05) is 11.6 Å². The van der Waals surface area contributed by atoms with Gasteiger partial charge >= 0.3 is 0 Å². The van der Waals surface area contributed by atoms with Gasteiger partial charge in [0.25, 0.3) is 0 Å². The molecule has 1 fully saturated rings. The fourth-order valence-corrected chi connectivity index (χ4v) is 1.95. The van der Waals surface area contributed by atoms with E-state index in [1.807, 2.05) is 0 Å². The summed E-state index contributed by atoms with van der Waals surface area (Å²) < 4.78 is 13.0. The Labute approximate surface area is 118 Å². The van der Waals surface area contributed by atoms with Crippen molar-refractivity contribution in [3.8, 4) is 0 Å². The number of piperazine rings is 1. The molecule has 1 aromatic carbocycles. The average Bonchev–Trinajstić information content (AvgIpc) is 2.25. The van der Waals surface area contributed by atoms with Gasteiger partial charge in [-0.2, -0.15) is 0 Å². The molecule has 1 saturated heterocycles. The fourth-order valence-electron chi connectivity index (χ4n) is 1.77. The van der Waals surface area contributed by atoms with E-state index in [1.165, 1.54) is 12.1 Å². The first-order valence-corrected chi connectivity index (χ1v) is 5.50. The molecule has 2 nitrogen and oxygen atoms in total. The summed E-state index contributed by atoms with van der Waals surface area (Å²) >= 11 is 6.01. The van der Waals surface area contributed by atoms with Crippen LogP contribution in [0.5, 0.6) is 0 Å². The first-order chi connectivity index (χ1) is 7.25. The smallest absolute Gasteiger partial charge is 0.123 e. The molecule has 0 radical (unpaired) electrons. The number of hydrogen-bond acceptors (Lipinski definition) is 2. The maximum Gasteiger partial charge on any atom is 0.123 e. The number of hydrogen-bond donors (Lipinski definition) is 1. The molecule has 17 heavy (non-hydrogen) atoms. The van der Waals surface area contributed by atoms with Crippen LogP contribution >= 0.6 is 36.4 Å². The molecule has 0 bridgehead atoms.